The number of hydrogen-bond acceptors (Lipinski definition) is 5. The Morgan fingerprint density at radius 1 is 1.14 bits per heavy atom. The van der Waals surface area contributed by atoms with E-state index in [-0.39, 0.29) is 17.4 Å². The van der Waals surface area contributed by atoms with Crippen molar-refractivity contribution in [3.05, 3.63) is 53.5 Å². The van der Waals surface area contributed by atoms with Gasteiger partial charge in [0, 0.05) is 25.5 Å². The van der Waals surface area contributed by atoms with E-state index in [4.69, 9.17) is 5.73 Å². The second-order valence-electron chi connectivity index (χ2n) is 5.03. The van der Waals surface area contributed by atoms with Crippen LogP contribution < -0.4 is 11.1 Å². The molecule has 0 aliphatic heterocycles. The van der Waals surface area contributed by atoms with E-state index in [1.165, 1.54) is 18.0 Å². The van der Waals surface area contributed by atoms with Gasteiger partial charge in [0.2, 0.25) is 0 Å². The molecule has 0 radical (unpaired) electrons. The zero-order chi connectivity index (χ0) is 15.2. The predicted octanol–water partition coefficient (Wildman–Crippen LogP) is 1.05. The van der Waals surface area contributed by atoms with Crippen LogP contribution in [0.25, 0.3) is 0 Å². The molecule has 3 N–H and O–H groups in total. The average molecular weight is 285 g/mol. The number of aromatic nitrogens is 2. The van der Waals surface area contributed by atoms with Gasteiger partial charge in [-0.25, -0.2) is 9.97 Å². The molecule has 1 heterocycles. The van der Waals surface area contributed by atoms with Gasteiger partial charge in [-0.15, -0.1) is 0 Å². The molecule has 0 atom stereocenters. The maximum absolute atomic E-state index is 12.0. The lowest BCUT2D eigenvalue weighted by molar-refractivity contribution is 0.0946. The van der Waals surface area contributed by atoms with E-state index >= 15 is 0 Å². The summed E-state index contributed by atoms with van der Waals surface area (Å²) in [7, 11) is 4.05. The van der Waals surface area contributed by atoms with Gasteiger partial charge in [-0.1, -0.05) is 24.3 Å². The zero-order valence-corrected chi connectivity index (χ0v) is 12.2. The highest BCUT2D eigenvalue weighted by molar-refractivity contribution is 5.96. The number of amides is 1. The Bertz CT molecular complexity index is 610. The van der Waals surface area contributed by atoms with Crippen molar-refractivity contribution in [1.82, 2.24) is 20.2 Å². The number of carbonyl (C=O) groups excluding carboxylic acids is 1. The largest absolute Gasteiger partial charge is 0.382 e. The normalized spacial score (nSPS) is 10.6. The van der Waals surface area contributed by atoms with Crippen molar-refractivity contribution in [3.63, 3.8) is 0 Å². The van der Waals surface area contributed by atoms with E-state index in [2.05, 4.69) is 32.3 Å². The molecule has 110 valence electrons. The van der Waals surface area contributed by atoms with Crippen LogP contribution in [0.3, 0.4) is 0 Å². The molecule has 0 aliphatic carbocycles. The molecule has 0 unspecified atom stereocenters. The van der Waals surface area contributed by atoms with Gasteiger partial charge in [0.15, 0.2) is 11.5 Å². The number of carbonyl (C=O) groups is 1. The molecule has 2 rings (SSSR count). The van der Waals surface area contributed by atoms with Crippen molar-refractivity contribution in [2.45, 2.75) is 13.1 Å². The van der Waals surface area contributed by atoms with E-state index in [1.807, 2.05) is 26.2 Å². The molecule has 1 aromatic heterocycles. The summed E-state index contributed by atoms with van der Waals surface area (Å²) in [5.41, 5.74) is 8.02. The summed E-state index contributed by atoms with van der Waals surface area (Å²) in [6.45, 7) is 1.32. The summed E-state index contributed by atoms with van der Waals surface area (Å²) in [5.74, 6) is -0.186. The third-order valence-electron chi connectivity index (χ3n) is 2.92. The molecule has 0 saturated heterocycles. The monoisotopic (exact) mass is 285 g/mol. The van der Waals surface area contributed by atoms with E-state index in [0.29, 0.717) is 6.54 Å². The van der Waals surface area contributed by atoms with E-state index in [1.54, 1.807) is 0 Å². The summed E-state index contributed by atoms with van der Waals surface area (Å²) in [6.07, 6.45) is 2.90. The zero-order valence-electron chi connectivity index (χ0n) is 12.2. The Balaban J connectivity index is 1.94. The topological polar surface area (TPSA) is 84.1 Å². The summed E-state index contributed by atoms with van der Waals surface area (Å²) in [4.78, 5) is 21.8. The van der Waals surface area contributed by atoms with Crippen LogP contribution in [-0.2, 0) is 13.1 Å². The number of rotatable bonds is 5. The maximum atomic E-state index is 12.0. The van der Waals surface area contributed by atoms with Gasteiger partial charge in [0.25, 0.3) is 5.91 Å². The van der Waals surface area contributed by atoms with Crippen LogP contribution in [0.4, 0.5) is 5.82 Å². The summed E-state index contributed by atoms with van der Waals surface area (Å²) in [6, 6.07) is 8.11. The molecule has 0 saturated carbocycles. The minimum Gasteiger partial charge on any atom is -0.382 e. The fraction of sp³-hybridized carbons (Fsp3) is 0.267. The van der Waals surface area contributed by atoms with E-state index in [9.17, 15) is 4.79 Å². The molecule has 0 fully saturated rings. The van der Waals surface area contributed by atoms with E-state index < -0.39 is 0 Å². The van der Waals surface area contributed by atoms with Crippen LogP contribution in [0.2, 0.25) is 0 Å². The fourth-order valence-electron chi connectivity index (χ4n) is 1.92. The van der Waals surface area contributed by atoms with Gasteiger partial charge in [0.1, 0.15) is 0 Å². The van der Waals surface area contributed by atoms with Crippen molar-refractivity contribution < 1.29 is 4.79 Å². The average Bonchev–Trinajstić information content (AvgIpc) is 2.46. The Labute approximate surface area is 124 Å². The Kier molecular flexibility index (Phi) is 4.84. The fourth-order valence-corrected chi connectivity index (χ4v) is 1.92. The van der Waals surface area contributed by atoms with Gasteiger partial charge >= 0.3 is 0 Å². The second-order valence-corrected chi connectivity index (χ2v) is 5.03. The minimum absolute atomic E-state index is 0.135. The lowest BCUT2D eigenvalue weighted by atomic mass is 10.1. The first-order valence-electron chi connectivity index (χ1n) is 6.63. The molecule has 0 aliphatic rings. The molecule has 2 aromatic rings. The summed E-state index contributed by atoms with van der Waals surface area (Å²) < 4.78 is 0. The number of hydrogen-bond donors (Lipinski definition) is 2. The van der Waals surface area contributed by atoms with Gasteiger partial charge in [-0.3, -0.25) is 4.79 Å². The quantitative estimate of drug-likeness (QED) is 0.858. The summed E-state index contributed by atoms with van der Waals surface area (Å²) in [5, 5.41) is 2.78. The van der Waals surface area contributed by atoms with Crippen molar-refractivity contribution >= 4 is 11.7 Å². The highest BCUT2D eigenvalue weighted by Gasteiger charge is 2.11. The van der Waals surface area contributed by atoms with Gasteiger partial charge < -0.3 is 16.0 Å². The van der Waals surface area contributed by atoms with Gasteiger partial charge in [-0.2, -0.15) is 0 Å². The summed E-state index contributed by atoms with van der Waals surface area (Å²) >= 11 is 0. The lowest BCUT2D eigenvalue weighted by Crippen LogP contribution is -2.25. The van der Waals surface area contributed by atoms with Crippen molar-refractivity contribution in [1.29, 1.82) is 0 Å². The standard InChI is InChI=1S/C15H19N5O/c1-20(2)10-12-5-3-11(4-6-12)9-19-15(21)13-14(16)18-8-7-17-13/h3-8H,9-10H2,1-2H3,(H2,16,18)(H,19,21). The van der Waals surface area contributed by atoms with Crippen LogP contribution in [0, 0.1) is 0 Å². The van der Waals surface area contributed by atoms with Crippen LogP contribution in [0.1, 0.15) is 21.6 Å². The van der Waals surface area contributed by atoms with Crippen LogP contribution in [-0.4, -0.2) is 34.9 Å². The van der Waals surface area contributed by atoms with Crippen molar-refractivity contribution in [2.24, 2.45) is 0 Å². The molecule has 1 amide bonds. The molecule has 0 bridgehead atoms. The van der Waals surface area contributed by atoms with Crippen LogP contribution in [0.5, 0.6) is 0 Å². The molecular formula is C15H19N5O. The molecule has 0 spiro atoms. The van der Waals surface area contributed by atoms with Crippen LogP contribution in [0.15, 0.2) is 36.7 Å². The molecule has 21 heavy (non-hydrogen) atoms. The number of nitrogens with one attached hydrogen (secondary N) is 1. The Morgan fingerprint density at radius 3 is 2.38 bits per heavy atom. The first kappa shape index (κ1) is 14.9. The smallest absolute Gasteiger partial charge is 0.273 e. The highest BCUT2D eigenvalue weighted by Crippen LogP contribution is 2.07. The molecule has 6 nitrogen and oxygen atoms in total. The molecular weight excluding hydrogens is 266 g/mol. The maximum Gasteiger partial charge on any atom is 0.273 e. The first-order valence-corrected chi connectivity index (χ1v) is 6.63. The Hall–Kier alpha value is -2.47. The number of anilines is 1. The first-order chi connectivity index (χ1) is 10.1. The Morgan fingerprint density at radius 2 is 1.76 bits per heavy atom. The number of nitrogens with zero attached hydrogens (tertiary/aromatic N) is 3. The second kappa shape index (κ2) is 6.81. The minimum atomic E-state index is -0.321. The number of nitrogen functional groups attached to an aromatic ring is 1. The van der Waals surface area contributed by atoms with Crippen molar-refractivity contribution in [2.75, 3.05) is 19.8 Å². The third kappa shape index (κ3) is 4.25. The van der Waals surface area contributed by atoms with Gasteiger partial charge in [0.05, 0.1) is 0 Å². The molecule has 6 heteroatoms. The van der Waals surface area contributed by atoms with Crippen LogP contribution >= 0.6 is 0 Å². The lowest BCUT2D eigenvalue weighted by Gasteiger charge is -2.10. The molecule has 1 aromatic carbocycles. The predicted molar refractivity (Wildman–Crippen MR) is 81.4 cm³/mol. The van der Waals surface area contributed by atoms with Gasteiger partial charge in [-0.05, 0) is 25.2 Å². The number of benzene rings is 1. The SMILES string of the molecule is CN(C)Cc1ccc(CNC(=O)c2nccnc2N)cc1. The van der Waals surface area contributed by atoms with E-state index in [0.717, 1.165) is 12.1 Å². The third-order valence-corrected chi connectivity index (χ3v) is 2.92. The van der Waals surface area contributed by atoms with Crippen molar-refractivity contribution in [3.8, 4) is 0 Å². The number of nitrogens with two attached hydrogens (primary N) is 1. The highest BCUT2D eigenvalue weighted by atomic mass is 16.1.